The van der Waals surface area contributed by atoms with Gasteiger partial charge >= 0.3 is 0 Å². The molecule has 0 saturated heterocycles. The molecule has 0 spiro atoms. The molecule has 1 aromatic heterocycles. The molecule has 1 fully saturated rings. The largest absolute Gasteiger partial charge is 0.353 e. The molecule has 18 heavy (non-hydrogen) atoms. The van der Waals surface area contributed by atoms with Gasteiger partial charge < -0.3 is 9.88 Å². The van der Waals surface area contributed by atoms with Crippen molar-refractivity contribution in [3.63, 3.8) is 0 Å². The van der Waals surface area contributed by atoms with E-state index >= 15 is 0 Å². The van der Waals surface area contributed by atoms with Crippen molar-refractivity contribution in [2.75, 3.05) is 5.32 Å². The minimum atomic E-state index is 0.637. The fraction of sp³-hybridized carbons (Fsp3) is 0.800. The molecule has 0 aromatic carbocycles. The van der Waals surface area contributed by atoms with Crippen LogP contribution in [0.5, 0.6) is 0 Å². The van der Waals surface area contributed by atoms with Crippen molar-refractivity contribution in [3.05, 3.63) is 11.9 Å². The van der Waals surface area contributed by atoms with E-state index in [0.29, 0.717) is 6.04 Å². The van der Waals surface area contributed by atoms with Gasteiger partial charge in [0.25, 0.3) is 0 Å². The Morgan fingerprint density at radius 3 is 2.72 bits per heavy atom. The Labute approximate surface area is 111 Å². The molecule has 2 rings (SSSR count). The zero-order valence-corrected chi connectivity index (χ0v) is 12.1. The highest BCUT2D eigenvalue weighted by Crippen LogP contribution is 2.21. The fourth-order valence-electron chi connectivity index (χ4n) is 2.66. The van der Waals surface area contributed by atoms with Gasteiger partial charge in [0.15, 0.2) is 0 Å². The lowest BCUT2D eigenvalue weighted by molar-refractivity contribution is 0.456. The lowest BCUT2D eigenvalue weighted by Crippen LogP contribution is -2.24. The number of nitrogens with one attached hydrogen (secondary N) is 1. The van der Waals surface area contributed by atoms with Crippen LogP contribution in [0.4, 0.5) is 5.95 Å². The third kappa shape index (κ3) is 3.76. The lowest BCUT2D eigenvalue weighted by Gasteiger charge is -2.23. The second-order valence-electron chi connectivity index (χ2n) is 6.06. The van der Waals surface area contributed by atoms with Crippen LogP contribution in [-0.4, -0.2) is 15.6 Å². The molecule has 1 aliphatic rings. The lowest BCUT2D eigenvalue weighted by atomic mass is 9.96. The number of anilines is 1. The normalized spacial score (nSPS) is 17.3. The van der Waals surface area contributed by atoms with Crippen molar-refractivity contribution in [2.24, 2.45) is 5.92 Å². The summed E-state index contributed by atoms with van der Waals surface area (Å²) >= 11 is 0. The molecule has 1 heterocycles. The number of hydrogen-bond acceptors (Lipinski definition) is 2. The topological polar surface area (TPSA) is 29.9 Å². The van der Waals surface area contributed by atoms with Gasteiger partial charge in [-0.25, -0.2) is 4.98 Å². The summed E-state index contributed by atoms with van der Waals surface area (Å²) in [6, 6.07) is 0.637. The molecule has 1 aliphatic carbocycles. The summed E-state index contributed by atoms with van der Waals surface area (Å²) in [6.07, 6.45) is 10.1. The van der Waals surface area contributed by atoms with Gasteiger partial charge in [0.2, 0.25) is 5.95 Å². The smallest absolute Gasteiger partial charge is 0.203 e. The quantitative estimate of drug-likeness (QED) is 0.855. The number of aryl methyl sites for hydroxylation is 2. The molecule has 0 radical (unpaired) electrons. The molecule has 0 atom stereocenters. The fourth-order valence-corrected chi connectivity index (χ4v) is 2.66. The molecule has 0 unspecified atom stereocenters. The van der Waals surface area contributed by atoms with Crippen LogP contribution in [0, 0.1) is 12.8 Å². The molecule has 0 aliphatic heterocycles. The summed E-state index contributed by atoms with van der Waals surface area (Å²) in [4.78, 5) is 4.63. The van der Waals surface area contributed by atoms with Crippen LogP contribution in [0.25, 0.3) is 0 Å². The predicted molar refractivity (Wildman–Crippen MR) is 76.9 cm³/mol. The third-order valence-corrected chi connectivity index (χ3v) is 3.78. The average Bonchev–Trinajstić information content (AvgIpc) is 2.68. The van der Waals surface area contributed by atoms with Gasteiger partial charge in [0, 0.05) is 18.8 Å². The molecule has 1 N–H and O–H groups in total. The van der Waals surface area contributed by atoms with Crippen LogP contribution in [0.1, 0.15) is 58.1 Å². The molecular formula is C15H27N3. The van der Waals surface area contributed by atoms with Gasteiger partial charge in [-0.2, -0.15) is 0 Å². The minimum Gasteiger partial charge on any atom is -0.353 e. The molecular weight excluding hydrogens is 222 g/mol. The molecule has 0 bridgehead atoms. The monoisotopic (exact) mass is 249 g/mol. The van der Waals surface area contributed by atoms with Crippen molar-refractivity contribution in [1.82, 2.24) is 9.55 Å². The van der Waals surface area contributed by atoms with Crippen molar-refractivity contribution in [1.29, 1.82) is 0 Å². The number of imidazole rings is 1. The van der Waals surface area contributed by atoms with Crippen molar-refractivity contribution in [3.8, 4) is 0 Å². The highest BCUT2D eigenvalue weighted by Gasteiger charge is 2.15. The van der Waals surface area contributed by atoms with Crippen LogP contribution in [0.2, 0.25) is 0 Å². The number of hydrogen-bond donors (Lipinski definition) is 1. The molecule has 3 heteroatoms. The number of nitrogens with zero attached hydrogens (tertiary/aromatic N) is 2. The van der Waals surface area contributed by atoms with Crippen LogP contribution >= 0.6 is 0 Å². The van der Waals surface area contributed by atoms with Gasteiger partial charge in [0.1, 0.15) is 0 Å². The van der Waals surface area contributed by atoms with E-state index in [-0.39, 0.29) is 0 Å². The van der Waals surface area contributed by atoms with Gasteiger partial charge in [0.05, 0.1) is 5.69 Å². The van der Waals surface area contributed by atoms with Crippen LogP contribution in [0.3, 0.4) is 0 Å². The standard InChI is InChI=1S/C15H27N3/c1-12(2)9-10-18-11-13(3)16-15(18)17-14-7-5-4-6-8-14/h11-12,14H,4-10H2,1-3H3,(H,16,17). The first-order valence-corrected chi connectivity index (χ1v) is 7.45. The van der Waals surface area contributed by atoms with E-state index in [1.54, 1.807) is 0 Å². The highest BCUT2D eigenvalue weighted by molar-refractivity contribution is 5.30. The van der Waals surface area contributed by atoms with Crippen molar-refractivity contribution in [2.45, 2.75) is 71.9 Å². The van der Waals surface area contributed by atoms with E-state index in [4.69, 9.17) is 0 Å². The Morgan fingerprint density at radius 1 is 1.33 bits per heavy atom. The van der Waals surface area contributed by atoms with E-state index in [0.717, 1.165) is 24.1 Å². The van der Waals surface area contributed by atoms with Gasteiger partial charge in [-0.15, -0.1) is 0 Å². The van der Waals surface area contributed by atoms with E-state index in [2.05, 4.69) is 41.8 Å². The maximum atomic E-state index is 4.63. The second kappa shape index (κ2) is 6.26. The Bertz CT molecular complexity index is 362. The summed E-state index contributed by atoms with van der Waals surface area (Å²) in [5, 5.41) is 3.65. The maximum Gasteiger partial charge on any atom is 0.203 e. The Kier molecular flexibility index (Phi) is 4.67. The molecule has 1 saturated carbocycles. The first-order valence-electron chi connectivity index (χ1n) is 7.45. The first-order chi connectivity index (χ1) is 8.65. The molecule has 1 aromatic rings. The molecule has 0 amide bonds. The SMILES string of the molecule is Cc1cn(CCC(C)C)c(NC2CCCCC2)n1. The Balaban J connectivity index is 1.97. The Morgan fingerprint density at radius 2 is 2.06 bits per heavy atom. The summed E-state index contributed by atoms with van der Waals surface area (Å²) in [6.45, 7) is 7.71. The Hall–Kier alpha value is -0.990. The zero-order chi connectivity index (χ0) is 13.0. The minimum absolute atomic E-state index is 0.637. The van der Waals surface area contributed by atoms with Crippen LogP contribution < -0.4 is 5.32 Å². The maximum absolute atomic E-state index is 4.63. The average molecular weight is 249 g/mol. The van der Waals surface area contributed by atoms with Crippen molar-refractivity contribution < 1.29 is 0 Å². The van der Waals surface area contributed by atoms with Crippen molar-refractivity contribution >= 4 is 5.95 Å². The predicted octanol–water partition coefficient (Wildman–Crippen LogP) is 3.98. The zero-order valence-electron chi connectivity index (χ0n) is 12.1. The van der Waals surface area contributed by atoms with E-state index in [1.165, 1.54) is 38.5 Å². The number of rotatable bonds is 5. The van der Waals surface area contributed by atoms with Gasteiger partial charge in [-0.3, -0.25) is 0 Å². The van der Waals surface area contributed by atoms with Gasteiger partial charge in [-0.1, -0.05) is 33.1 Å². The summed E-state index contributed by atoms with van der Waals surface area (Å²) in [5.41, 5.74) is 1.12. The third-order valence-electron chi connectivity index (χ3n) is 3.78. The summed E-state index contributed by atoms with van der Waals surface area (Å²) in [7, 11) is 0. The highest BCUT2D eigenvalue weighted by atomic mass is 15.2. The summed E-state index contributed by atoms with van der Waals surface area (Å²) < 4.78 is 2.30. The van der Waals surface area contributed by atoms with Crippen LogP contribution in [0.15, 0.2) is 6.20 Å². The molecule has 3 nitrogen and oxygen atoms in total. The van der Waals surface area contributed by atoms with E-state index in [1.807, 2.05) is 0 Å². The van der Waals surface area contributed by atoms with Crippen LogP contribution in [-0.2, 0) is 6.54 Å². The second-order valence-corrected chi connectivity index (χ2v) is 6.06. The summed E-state index contributed by atoms with van der Waals surface area (Å²) in [5.74, 6) is 1.83. The van der Waals surface area contributed by atoms with Gasteiger partial charge in [-0.05, 0) is 32.1 Å². The number of aromatic nitrogens is 2. The van der Waals surface area contributed by atoms with E-state index < -0.39 is 0 Å². The first kappa shape index (κ1) is 13.4. The van der Waals surface area contributed by atoms with E-state index in [9.17, 15) is 0 Å². The molecule has 102 valence electrons.